The summed E-state index contributed by atoms with van der Waals surface area (Å²) in [5.74, 6) is 9.08. The summed E-state index contributed by atoms with van der Waals surface area (Å²) in [5, 5.41) is 0. The average molecular weight is 1140 g/mol. The molecule has 0 aromatic heterocycles. The van der Waals surface area contributed by atoms with Gasteiger partial charge in [-0.25, -0.2) is 8.78 Å². The number of fused-ring (bicyclic) bond motifs is 6. The number of primary amides is 1. The Kier molecular flexibility index (Phi) is 17.8. The molecule has 3 aliphatic heterocycles. The lowest BCUT2D eigenvalue weighted by Crippen LogP contribution is -2.43. The lowest BCUT2D eigenvalue weighted by Gasteiger charge is -2.40. The first-order valence-corrected chi connectivity index (χ1v) is 32.1. The average Bonchev–Trinajstić information content (AvgIpc) is 4.43. The number of hydrogen-bond acceptors (Lipinski definition) is 8. The number of allylic oxidation sites excluding steroid dienone is 2. The molecule has 6 aliphatic carbocycles. The number of Topliss-reactive ketones (excluding diaryl/α,β-unsaturated/α-hetero) is 1. The standard InChI is InChI=1S/C27H33NO2.C26H32N2O2.C20H25F2NO/c1-18(29)20-5-7-21(8-6-20)23-9-10-27(30-2)25(17-23)22-11-13-28(14-12-22)26-16-19-3-4-24(26)15-19;1-30-25-9-8-21(18-4-6-20(7-5-18)26(27)29)16-23(25)19-10-12-28(13-11-19)24-15-17-2-3-22(24)14-17;1-24-19-5-4-17(21)12-18(19)20(22)6-8-23(9-7-20)13-16-11-14-2-3-15(16)10-14/h5-10,17,19,22,24,26H,3-4,11-16H2,1-2H3;4-9,16-17,19,22,24H,2-3,10-15H2,1H3,(H2,27,29);2-5,12,14-16H,6-11,13H2,1H3/t19-,24-,26-;17-,22-,24?;14-,15-,16?/m000/s1. The van der Waals surface area contributed by atoms with Gasteiger partial charge in [-0.05, 0) is 264 Å². The molecule has 0 spiro atoms. The van der Waals surface area contributed by atoms with Crippen molar-refractivity contribution in [2.45, 2.75) is 139 Å². The van der Waals surface area contributed by atoms with E-state index in [1.165, 1.54) is 158 Å². The van der Waals surface area contributed by atoms with Gasteiger partial charge in [-0.3, -0.25) is 9.59 Å². The third-order valence-corrected chi connectivity index (χ3v) is 22.1. The van der Waals surface area contributed by atoms with Crippen molar-refractivity contribution in [1.82, 2.24) is 14.7 Å². The molecule has 84 heavy (non-hydrogen) atoms. The third kappa shape index (κ3) is 12.7. The number of amides is 1. The number of rotatable bonds is 14. The molecule has 5 aromatic carbocycles. The minimum atomic E-state index is -1.49. The van der Waals surface area contributed by atoms with Crippen molar-refractivity contribution >= 4 is 11.7 Å². The minimum absolute atomic E-state index is 0.110. The van der Waals surface area contributed by atoms with Gasteiger partial charge in [-0.15, -0.1) is 0 Å². The van der Waals surface area contributed by atoms with Gasteiger partial charge < -0.3 is 34.6 Å². The Balaban J connectivity index is 0.000000125. The molecule has 5 saturated carbocycles. The van der Waals surface area contributed by atoms with Gasteiger partial charge in [0.05, 0.1) is 21.3 Å². The van der Waals surface area contributed by atoms with Crippen molar-refractivity contribution in [2.75, 3.05) is 67.1 Å². The number of piperidine rings is 3. The summed E-state index contributed by atoms with van der Waals surface area (Å²) in [4.78, 5) is 30.9. The quantitative estimate of drug-likeness (QED) is 0.0868. The number of nitrogens with two attached hydrogens (primary N) is 1. The summed E-state index contributed by atoms with van der Waals surface area (Å²) in [6.07, 6.45) is 24.7. The van der Waals surface area contributed by atoms with E-state index in [0.717, 1.165) is 107 Å². The number of halogens is 2. The Morgan fingerprint density at radius 1 is 0.548 bits per heavy atom. The number of ketones is 1. The van der Waals surface area contributed by atoms with Crippen LogP contribution in [-0.4, -0.2) is 106 Å². The molecular formula is C73H90F2N4O5. The van der Waals surface area contributed by atoms with Crippen molar-refractivity contribution in [1.29, 1.82) is 0 Å². The first-order valence-electron chi connectivity index (χ1n) is 32.1. The van der Waals surface area contributed by atoms with Gasteiger partial charge >= 0.3 is 0 Å². The van der Waals surface area contributed by atoms with Gasteiger partial charge in [0.25, 0.3) is 0 Å². The highest BCUT2D eigenvalue weighted by molar-refractivity contribution is 5.94. The molecule has 3 saturated heterocycles. The zero-order valence-corrected chi connectivity index (χ0v) is 50.3. The predicted molar refractivity (Wildman–Crippen MR) is 331 cm³/mol. The molecule has 9 aliphatic rings. The van der Waals surface area contributed by atoms with E-state index in [-0.39, 0.29) is 11.7 Å². The molecule has 0 radical (unpaired) electrons. The summed E-state index contributed by atoms with van der Waals surface area (Å²) >= 11 is 0. The zero-order chi connectivity index (χ0) is 58.1. The monoisotopic (exact) mass is 1140 g/mol. The molecular weight excluding hydrogens is 1050 g/mol. The Morgan fingerprint density at radius 3 is 1.45 bits per heavy atom. The van der Waals surface area contributed by atoms with E-state index in [4.69, 9.17) is 19.9 Å². The molecule has 9 nitrogen and oxygen atoms in total. The Labute approximate surface area is 498 Å². The molecule has 1 amide bonds. The molecule has 446 valence electrons. The molecule has 14 rings (SSSR count). The van der Waals surface area contributed by atoms with E-state index in [0.29, 0.717) is 41.6 Å². The van der Waals surface area contributed by atoms with Crippen molar-refractivity contribution in [3.05, 3.63) is 149 Å². The normalized spacial score (nSPS) is 28.1. The molecule has 9 atom stereocenters. The molecule has 5 aromatic rings. The maximum atomic E-state index is 15.5. The fourth-order valence-corrected chi connectivity index (χ4v) is 17.4. The van der Waals surface area contributed by atoms with Gasteiger partial charge in [0.1, 0.15) is 28.7 Å². The van der Waals surface area contributed by atoms with Crippen LogP contribution in [-0.2, 0) is 5.67 Å². The van der Waals surface area contributed by atoms with E-state index in [1.807, 2.05) is 24.3 Å². The first-order chi connectivity index (χ1) is 40.8. The highest BCUT2D eigenvalue weighted by Crippen LogP contribution is 2.51. The van der Waals surface area contributed by atoms with E-state index in [9.17, 15) is 14.0 Å². The van der Waals surface area contributed by atoms with Crippen molar-refractivity contribution in [3.63, 3.8) is 0 Å². The van der Waals surface area contributed by atoms with Crippen molar-refractivity contribution < 1.29 is 32.6 Å². The van der Waals surface area contributed by atoms with E-state index in [2.05, 4.69) is 75.4 Å². The molecule has 3 heterocycles. The number of carbonyl (C=O) groups excluding carboxylic acids is 2. The molecule has 2 N–H and O–H groups in total. The molecule has 6 bridgehead atoms. The second kappa shape index (κ2) is 25.6. The van der Waals surface area contributed by atoms with Crippen LogP contribution in [0.25, 0.3) is 22.3 Å². The lowest BCUT2D eigenvalue weighted by atomic mass is 9.84. The van der Waals surface area contributed by atoms with Crippen molar-refractivity contribution in [3.8, 4) is 39.5 Å². The zero-order valence-electron chi connectivity index (χ0n) is 50.3. The van der Waals surface area contributed by atoms with Gasteiger partial charge in [0.15, 0.2) is 5.78 Å². The number of likely N-dealkylation sites (tertiary alicyclic amines) is 3. The fraction of sp³-hybridized carbons (Fsp3) is 0.534. The maximum Gasteiger partial charge on any atom is 0.248 e. The second-order valence-electron chi connectivity index (χ2n) is 26.7. The fourth-order valence-electron chi connectivity index (χ4n) is 17.4. The van der Waals surface area contributed by atoms with Crippen molar-refractivity contribution in [2.24, 2.45) is 47.2 Å². The number of benzene rings is 5. The summed E-state index contributed by atoms with van der Waals surface area (Å²) < 4.78 is 45.8. The Morgan fingerprint density at radius 2 is 1.04 bits per heavy atom. The summed E-state index contributed by atoms with van der Waals surface area (Å²) in [6.45, 7) is 9.00. The van der Waals surface area contributed by atoms with Crippen LogP contribution in [0.1, 0.15) is 159 Å². The molecule has 2 unspecified atom stereocenters. The first kappa shape index (κ1) is 58.5. The number of alkyl halides is 1. The van der Waals surface area contributed by atoms with E-state index in [1.54, 1.807) is 33.3 Å². The highest BCUT2D eigenvalue weighted by atomic mass is 19.1. The molecule has 8 fully saturated rings. The molecule has 11 heteroatoms. The number of nitrogens with zero attached hydrogens (tertiary/aromatic N) is 3. The SMILES string of the molecule is COc1ccc(-c2ccc(C(C)=O)cc2)cc1C1CCN([C@H]2C[C@H]3CC[C@H]2C3)CC1.COc1ccc(-c2ccc(C(N)=O)cc2)cc1C1CCN(C2C[C@H]3CC[C@H]2C3)CC1.COc1ccc(F)cc1C1(F)CCN(CC2C[C@H]3C=C[C@H]2C3)CC1. The van der Waals surface area contributed by atoms with Gasteiger partial charge in [0.2, 0.25) is 5.91 Å². The summed E-state index contributed by atoms with van der Waals surface area (Å²) in [6, 6.07) is 34.4. The van der Waals surface area contributed by atoms with Crippen LogP contribution in [0.5, 0.6) is 17.2 Å². The van der Waals surface area contributed by atoms with Crippen LogP contribution in [0.2, 0.25) is 0 Å². The second-order valence-corrected chi connectivity index (χ2v) is 26.7. The van der Waals surface area contributed by atoms with E-state index >= 15 is 4.39 Å². The smallest absolute Gasteiger partial charge is 0.248 e. The summed E-state index contributed by atoms with van der Waals surface area (Å²) in [7, 11) is 5.06. The summed E-state index contributed by atoms with van der Waals surface area (Å²) in [5.41, 5.74) is 12.9. The number of hydrogen-bond donors (Lipinski definition) is 1. The Bertz CT molecular complexity index is 2970. The van der Waals surface area contributed by atoms with Crippen LogP contribution in [0.15, 0.2) is 115 Å². The number of methoxy groups -OCH3 is 3. The largest absolute Gasteiger partial charge is 0.496 e. The third-order valence-electron chi connectivity index (χ3n) is 22.1. The van der Waals surface area contributed by atoms with Crippen LogP contribution >= 0.6 is 0 Å². The highest BCUT2D eigenvalue weighted by Gasteiger charge is 2.45. The minimum Gasteiger partial charge on any atom is -0.496 e. The van der Waals surface area contributed by atoms with Gasteiger partial charge in [-0.2, -0.15) is 0 Å². The number of ether oxygens (including phenoxy) is 3. The van der Waals surface area contributed by atoms with E-state index < -0.39 is 11.5 Å². The number of carbonyl (C=O) groups is 2. The predicted octanol–water partition coefficient (Wildman–Crippen LogP) is 15.1. The topological polar surface area (TPSA) is 97.6 Å². The Hall–Kier alpha value is -5.88. The van der Waals surface area contributed by atoms with Crippen LogP contribution in [0.3, 0.4) is 0 Å². The lowest BCUT2D eigenvalue weighted by molar-refractivity contribution is 0.0448. The maximum absolute atomic E-state index is 15.5. The van der Waals surface area contributed by atoms with Crippen LogP contribution in [0.4, 0.5) is 8.78 Å². The van der Waals surface area contributed by atoms with Crippen LogP contribution in [0, 0.1) is 47.2 Å². The van der Waals surface area contributed by atoms with Gasteiger partial charge in [0, 0.05) is 48.4 Å². The van der Waals surface area contributed by atoms with Gasteiger partial charge in [-0.1, -0.05) is 73.5 Å². The van der Waals surface area contributed by atoms with Crippen LogP contribution < -0.4 is 19.9 Å².